The Morgan fingerprint density at radius 3 is 2.72 bits per heavy atom. The Morgan fingerprint density at radius 2 is 2.17 bits per heavy atom. The monoisotopic (exact) mass is 267 g/mol. The lowest BCUT2D eigenvalue weighted by atomic mass is 9.93. The van der Waals surface area contributed by atoms with Gasteiger partial charge in [0.1, 0.15) is 0 Å². The SMILES string of the molecule is CCNCc1sc(N2CCC(C)(C)C2)nc1CC. The molecule has 3 nitrogen and oxygen atoms in total. The fourth-order valence-corrected chi connectivity index (χ4v) is 3.58. The van der Waals surface area contributed by atoms with Crippen LogP contribution in [-0.2, 0) is 13.0 Å². The lowest BCUT2D eigenvalue weighted by molar-refractivity contribution is 0.418. The van der Waals surface area contributed by atoms with Crippen molar-refractivity contribution in [1.82, 2.24) is 10.3 Å². The van der Waals surface area contributed by atoms with Crippen molar-refractivity contribution in [2.45, 2.75) is 47.1 Å². The number of thiazole rings is 1. The molecule has 0 spiro atoms. The highest BCUT2D eigenvalue weighted by atomic mass is 32.1. The van der Waals surface area contributed by atoms with Crippen LogP contribution < -0.4 is 10.2 Å². The van der Waals surface area contributed by atoms with E-state index < -0.39 is 0 Å². The van der Waals surface area contributed by atoms with Crippen molar-refractivity contribution in [3.8, 4) is 0 Å². The standard InChI is InChI=1S/C14H25N3S/c1-5-11-12(9-15-6-2)18-13(16-11)17-8-7-14(3,4)10-17/h15H,5-10H2,1-4H3. The normalized spacial score (nSPS) is 18.6. The van der Waals surface area contributed by atoms with Gasteiger partial charge in [-0.1, -0.05) is 27.7 Å². The van der Waals surface area contributed by atoms with E-state index in [4.69, 9.17) is 4.98 Å². The molecule has 0 unspecified atom stereocenters. The van der Waals surface area contributed by atoms with E-state index in [-0.39, 0.29) is 0 Å². The fourth-order valence-electron chi connectivity index (χ4n) is 2.43. The van der Waals surface area contributed by atoms with Crippen LogP contribution in [0.5, 0.6) is 0 Å². The smallest absolute Gasteiger partial charge is 0.185 e. The third-order valence-electron chi connectivity index (χ3n) is 3.59. The molecule has 4 heteroatoms. The topological polar surface area (TPSA) is 28.2 Å². The summed E-state index contributed by atoms with van der Waals surface area (Å²) in [6.07, 6.45) is 2.31. The minimum atomic E-state index is 0.444. The Labute approximate surface area is 115 Å². The second-order valence-corrected chi connectivity index (χ2v) is 6.90. The molecule has 0 saturated carbocycles. The summed E-state index contributed by atoms with van der Waals surface area (Å²) in [5.41, 5.74) is 1.72. The summed E-state index contributed by atoms with van der Waals surface area (Å²) in [6, 6.07) is 0. The zero-order chi connectivity index (χ0) is 13.2. The number of aromatic nitrogens is 1. The second-order valence-electron chi connectivity index (χ2n) is 5.84. The van der Waals surface area contributed by atoms with E-state index in [9.17, 15) is 0 Å². The molecule has 102 valence electrons. The van der Waals surface area contributed by atoms with Crippen molar-refractivity contribution in [3.05, 3.63) is 10.6 Å². The van der Waals surface area contributed by atoms with Crippen LogP contribution in [0.15, 0.2) is 0 Å². The predicted octanol–water partition coefficient (Wildman–Crippen LogP) is 3.05. The van der Waals surface area contributed by atoms with Gasteiger partial charge in [0, 0.05) is 24.5 Å². The van der Waals surface area contributed by atoms with Crippen LogP contribution in [0, 0.1) is 5.41 Å². The van der Waals surface area contributed by atoms with Crippen molar-refractivity contribution in [3.63, 3.8) is 0 Å². The average molecular weight is 267 g/mol. The number of nitrogens with zero attached hydrogens (tertiary/aromatic N) is 2. The van der Waals surface area contributed by atoms with E-state index >= 15 is 0 Å². The van der Waals surface area contributed by atoms with Crippen molar-refractivity contribution >= 4 is 16.5 Å². The van der Waals surface area contributed by atoms with Crippen LogP contribution in [0.4, 0.5) is 5.13 Å². The molecule has 1 saturated heterocycles. The number of anilines is 1. The molecule has 0 radical (unpaired) electrons. The molecule has 0 bridgehead atoms. The van der Waals surface area contributed by atoms with Crippen molar-refractivity contribution in [1.29, 1.82) is 0 Å². The molecule has 1 fully saturated rings. The van der Waals surface area contributed by atoms with Gasteiger partial charge >= 0.3 is 0 Å². The maximum absolute atomic E-state index is 4.83. The van der Waals surface area contributed by atoms with E-state index in [0.29, 0.717) is 5.41 Å². The summed E-state index contributed by atoms with van der Waals surface area (Å²) in [5.74, 6) is 0. The van der Waals surface area contributed by atoms with Crippen LogP contribution in [0.2, 0.25) is 0 Å². The van der Waals surface area contributed by atoms with Crippen molar-refractivity contribution in [2.24, 2.45) is 5.41 Å². The Hall–Kier alpha value is -0.610. The van der Waals surface area contributed by atoms with Crippen LogP contribution in [-0.4, -0.2) is 24.6 Å². The Kier molecular flexibility index (Phi) is 4.28. The minimum Gasteiger partial charge on any atom is -0.348 e. The third kappa shape index (κ3) is 3.04. The molecule has 0 atom stereocenters. The average Bonchev–Trinajstić information content (AvgIpc) is 2.89. The minimum absolute atomic E-state index is 0.444. The number of hydrogen-bond acceptors (Lipinski definition) is 4. The van der Waals surface area contributed by atoms with Crippen LogP contribution in [0.3, 0.4) is 0 Å². The van der Waals surface area contributed by atoms with Gasteiger partial charge in [-0.3, -0.25) is 0 Å². The van der Waals surface area contributed by atoms with E-state index in [1.807, 2.05) is 11.3 Å². The Bertz CT molecular complexity index is 398. The largest absolute Gasteiger partial charge is 0.348 e. The summed E-state index contributed by atoms with van der Waals surface area (Å²) in [6.45, 7) is 13.3. The zero-order valence-electron chi connectivity index (χ0n) is 12.0. The van der Waals surface area contributed by atoms with E-state index in [2.05, 4.69) is 37.9 Å². The molecule has 0 aromatic carbocycles. The summed E-state index contributed by atoms with van der Waals surface area (Å²) < 4.78 is 0. The number of rotatable bonds is 5. The highest BCUT2D eigenvalue weighted by Crippen LogP contribution is 2.35. The summed E-state index contributed by atoms with van der Waals surface area (Å²) >= 11 is 1.87. The first-order valence-electron chi connectivity index (χ1n) is 7.00. The molecule has 1 aliphatic heterocycles. The van der Waals surface area contributed by atoms with Crippen LogP contribution >= 0.6 is 11.3 Å². The summed E-state index contributed by atoms with van der Waals surface area (Å²) in [4.78, 5) is 8.71. The highest BCUT2D eigenvalue weighted by molar-refractivity contribution is 7.15. The van der Waals surface area contributed by atoms with Crippen LogP contribution in [0.25, 0.3) is 0 Å². The van der Waals surface area contributed by atoms with Crippen LogP contribution in [0.1, 0.15) is 44.7 Å². The van der Waals surface area contributed by atoms with Gasteiger partial charge in [0.2, 0.25) is 0 Å². The quantitative estimate of drug-likeness (QED) is 0.889. The highest BCUT2D eigenvalue weighted by Gasteiger charge is 2.31. The van der Waals surface area contributed by atoms with Gasteiger partial charge < -0.3 is 10.2 Å². The second kappa shape index (κ2) is 5.57. The summed E-state index contributed by atoms with van der Waals surface area (Å²) in [5, 5.41) is 4.64. The maximum atomic E-state index is 4.83. The van der Waals surface area contributed by atoms with Gasteiger partial charge in [-0.15, -0.1) is 11.3 Å². The summed E-state index contributed by atoms with van der Waals surface area (Å²) in [7, 11) is 0. The molecule has 18 heavy (non-hydrogen) atoms. The Morgan fingerprint density at radius 1 is 1.39 bits per heavy atom. The zero-order valence-corrected chi connectivity index (χ0v) is 12.9. The van der Waals surface area contributed by atoms with Crippen molar-refractivity contribution in [2.75, 3.05) is 24.5 Å². The van der Waals surface area contributed by atoms with E-state index in [1.165, 1.54) is 22.1 Å². The molecular weight excluding hydrogens is 242 g/mol. The fraction of sp³-hybridized carbons (Fsp3) is 0.786. The maximum Gasteiger partial charge on any atom is 0.185 e. The van der Waals surface area contributed by atoms with Gasteiger partial charge in [0.05, 0.1) is 5.69 Å². The van der Waals surface area contributed by atoms with Gasteiger partial charge in [0.25, 0.3) is 0 Å². The lowest BCUT2D eigenvalue weighted by Gasteiger charge is -2.18. The van der Waals surface area contributed by atoms with Crippen molar-refractivity contribution < 1.29 is 0 Å². The third-order valence-corrected chi connectivity index (χ3v) is 4.74. The molecule has 1 aromatic heterocycles. The van der Waals surface area contributed by atoms with E-state index in [0.717, 1.165) is 32.6 Å². The molecule has 1 N–H and O–H groups in total. The first-order valence-corrected chi connectivity index (χ1v) is 7.81. The number of hydrogen-bond donors (Lipinski definition) is 1. The number of nitrogens with one attached hydrogen (secondary N) is 1. The molecule has 0 amide bonds. The van der Waals surface area contributed by atoms with Gasteiger partial charge in [0.15, 0.2) is 5.13 Å². The number of aryl methyl sites for hydroxylation is 1. The molecule has 2 rings (SSSR count). The molecular formula is C14H25N3S. The first-order chi connectivity index (χ1) is 8.55. The molecule has 0 aliphatic carbocycles. The first kappa shape index (κ1) is 13.8. The lowest BCUT2D eigenvalue weighted by Crippen LogP contribution is -2.22. The Balaban J connectivity index is 2.12. The molecule has 2 heterocycles. The van der Waals surface area contributed by atoms with E-state index in [1.54, 1.807) is 0 Å². The predicted molar refractivity (Wildman–Crippen MR) is 79.5 cm³/mol. The molecule has 1 aromatic rings. The van der Waals surface area contributed by atoms with Gasteiger partial charge in [-0.05, 0) is 24.8 Å². The van der Waals surface area contributed by atoms with Gasteiger partial charge in [-0.2, -0.15) is 0 Å². The molecule has 1 aliphatic rings. The van der Waals surface area contributed by atoms with Gasteiger partial charge in [-0.25, -0.2) is 4.98 Å².